The highest BCUT2D eigenvalue weighted by molar-refractivity contribution is 6.21. The smallest absolute Gasteiger partial charge is 0.160 e. The lowest BCUT2D eigenvalue weighted by molar-refractivity contribution is 0.660. The molecule has 3 heteroatoms. The number of rotatable bonds is 5. The molecule has 2 aromatic heterocycles. The Morgan fingerprint density at radius 1 is 0.411 bits per heavy atom. The van der Waals surface area contributed by atoms with Gasteiger partial charge in [0.15, 0.2) is 5.82 Å². The van der Waals surface area contributed by atoms with E-state index in [1.807, 2.05) is 12.1 Å². The number of para-hydroxylation sites is 1. The zero-order valence-corrected chi connectivity index (χ0v) is 31.1. The van der Waals surface area contributed by atoms with Crippen molar-refractivity contribution in [2.75, 3.05) is 0 Å². The minimum absolute atomic E-state index is 0.124. The van der Waals surface area contributed by atoms with Crippen molar-refractivity contribution in [2.24, 2.45) is 0 Å². The normalized spacial score (nSPS) is 13.0. The summed E-state index contributed by atoms with van der Waals surface area (Å²) in [6, 6.07) is 64.8. The molecule has 8 aromatic carbocycles. The monoisotopic (exact) mass is 716 g/mol. The summed E-state index contributed by atoms with van der Waals surface area (Å²) in [6.45, 7) is 4.65. The minimum Gasteiger partial charge on any atom is -0.455 e. The zero-order chi connectivity index (χ0) is 37.4. The number of benzene rings is 8. The van der Waals surface area contributed by atoms with E-state index < -0.39 is 0 Å². The Morgan fingerprint density at radius 3 is 1.86 bits per heavy atom. The summed E-state index contributed by atoms with van der Waals surface area (Å²) >= 11 is 0. The molecule has 0 bridgehead atoms. The van der Waals surface area contributed by atoms with Gasteiger partial charge in [-0.25, -0.2) is 9.97 Å². The quantitative estimate of drug-likeness (QED) is 0.178. The number of aromatic nitrogens is 2. The van der Waals surface area contributed by atoms with Gasteiger partial charge in [0, 0.05) is 38.3 Å². The maximum atomic E-state index is 6.63. The molecule has 0 aliphatic heterocycles. The van der Waals surface area contributed by atoms with Crippen LogP contribution in [0.1, 0.15) is 25.0 Å². The lowest BCUT2D eigenvalue weighted by Gasteiger charge is -2.22. The van der Waals surface area contributed by atoms with E-state index >= 15 is 0 Å². The van der Waals surface area contributed by atoms with Gasteiger partial charge in [-0.15, -0.1) is 0 Å². The second-order valence-electron chi connectivity index (χ2n) is 15.4. The average Bonchev–Trinajstić information content (AvgIpc) is 3.76. The van der Waals surface area contributed by atoms with Gasteiger partial charge in [-0.3, -0.25) is 0 Å². The highest BCUT2D eigenvalue weighted by Crippen LogP contribution is 2.50. The third-order valence-corrected chi connectivity index (χ3v) is 11.7. The molecule has 0 unspecified atom stereocenters. The Labute approximate surface area is 325 Å². The van der Waals surface area contributed by atoms with Gasteiger partial charge in [0.25, 0.3) is 0 Å². The summed E-state index contributed by atoms with van der Waals surface area (Å²) in [5, 5.41) is 4.46. The topological polar surface area (TPSA) is 38.9 Å². The van der Waals surface area contributed by atoms with Gasteiger partial charge in [0.2, 0.25) is 0 Å². The highest BCUT2D eigenvalue weighted by atomic mass is 16.3. The third-order valence-electron chi connectivity index (χ3n) is 11.7. The summed E-state index contributed by atoms with van der Waals surface area (Å²) in [5.41, 5.74) is 16.3. The molecule has 0 spiro atoms. The van der Waals surface area contributed by atoms with Crippen molar-refractivity contribution in [2.45, 2.75) is 19.3 Å². The zero-order valence-electron chi connectivity index (χ0n) is 31.1. The molecule has 264 valence electrons. The van der Waals surface area contributed by atoms with E-state index in [9.17, 15) is 0 Å². The number of hydrogen-bond acceptors (Lipinski definition) is 3. The fraction of sp³-hybridized carbons (Fsp3) is 0.0566. The molecule has 56 heavy (non-hydrogen) atoms. The van der Waals surface area contributed by atoms with Gasteiger partial charge in [-0.2, -0.15) is 0 Å². The molecule has 0 saturated heterocycles. The fourth-order valence-corrected chi connectivity index (χ4v) is 8.84. The van der Waals surface area contributed by atoms with Crippen LogP contribution in [0.15, 0.2) is 186 Å². The van der Waals surface area contributed by atoms with E-state index in [1.54, 1.807) is 0 Å². The molecule has 0 N–H and O–H groups in total. The van der Waals surface area contributed by atoms with Crippen LogP contribution in [0.25, 0.3) is 100.0 Å². The first-order chi connectivity index (χ1) is 27.5. The summed E-state index contributed by atoms with van der Waals surface area (Å²) in [5.74, 6) is 0.696. The minimum atomic E-state index is -0.124. The van der Waals surface area contributed by atoms with Crippen LogP contribution in [0, 0.1) is 0 Å². The van der Waals surface area contributed by atoms with Crippen LogP contribution in [0.5, 0.6) is 0 Å². The Kier molecular flexibility index (Phi) is 7.20. The van der Waals surface area contributed by atoms with Gasteiger partial charge < -0.3 is 4.42 Å². The standard InChI is InChI=1S/C53H36N2O/c1-53(2)45-23-13-11-21-41(45)42-26-25-36(31-46(42)53)47-32-48(55-52(54-47)34-17-7-4-8-18-34)39-28-37(33-15-5-3-6-16-33)27-38(29-39)44-30-35-19-9-10-20-40(35)51-50(44)43-22-12-14-24-49(43)56-51/h3-32H,1-2H3. The molecule has 1 aliphatic carbocycles. The lowest BCUT2D eigenvalue weighted by atomic mass is 9.82. The average molecular weight is 717 g/mol. The molecule has 0 fully saturated rings. The SMILES string of the molecule is CC1(C)c2ccccc2-c2ccc(-c3cc(-c4cc(-c5ccccc5)cc(-c5cc6ccccc6c6oc7ccccc7c56)c4)nc(-c4ccccc4)n3)cc21. The van der Waals surface area contributed by atoms with E-state index in [0.29, 0.717) is 5.82 Å². The van der Waals surface area contributed by atoms with E-state index in [-0.39, 0.29) is 5.41 Å². The van der Waals surface area contributed by atoms with Crippen LogP contribution in [0.2, 0.25) is 0 Å². The van der Waals surface area contributed by atoms with Crippen LogP contribution in [0.3, 0.4) is 0 Å². The first-order valence-corrected chi connectivity index (χ1v) is 19.2. The van der Waals surface area contributed by atoms with Crippen molar-refractivity contribution in [1.82, 2.24) is 9.97 Å². The fourth-order valence-electron chi connectivity index (χ4n) is 8.84. The van der Waals surface area contributed by atoms with Crippen LogP contribution in [-0.2, 0) is 5.41 Å². The Balaban J connectivity index is 1.16. The molecule has 11 rings (SSSR count). The van der Waals surface area contributed by atoms with Crippen molar-refractivity contribution in [1.29, 1.82) is 0 Å². The molecule has 3 nitrogen and oxygen atoms in total. The van der Waals surface area contributed by atoms with Crippen molar-refractivity contribution in [3.05, 3.63) is 193 Å². The lowest BCUT2D eigenvalue weighted by Crippen LogP contribution is -2.14. The highest BCUT2D eigenvalue weighted by Gasteiger charge is 2.35. The van der Waals surface area contributed by atoms with Crippen LogP contribution >= 0.6 is 0 Å². The van der Waals surface area contributed by atoms with Crippen LogP contribution < -0.4 is 0 Å². The van der Waals surface area contributed by atoms with E-state index in [2.05, 4.69) is 184 Å². The Morgan fingerprint density at radius 2 is 1.04 bits per heavy atom. The summed E-state index contributed by atoms with van der Waals surface area (Å²) in [7, 11) is 0. The Bertz CT molecular complexity index is 3160. The van der Waals surface area contributed by atoms with Crippen molar-refractivity contribution < 1.29 is 4.42 Å². The second kappa shape index (κ2) is 12.5. The number of fused-ring (bicyclic) bond motifs is 8. The first-order valence-electron chi connectivity index (χ1n) is 19.2. The molecule has 2 heterocycles. The number of furan rings is 1. The molecular formula is C53H36N2O. The number of hydrogen-bond donors (Lipinski definition) is 0. The number of nitrogens with zero attached hydrogens (tertiary/aromatic N) is 2. The predicted octanol–water partition coefficient (Wildman–Crippen LogP) is 14.2. The first kappa shape index (κ1) is 32.3. The van der Waals surface area contributed by atoms with E-state index in [4.69, 9.17) is 14.4 Å². The van der Waals surface area contributed by atoms with Gasteiger partial charge in [-0.1, -0.05) is 153 Å². The van der Waals surface area contributed by atoms with Crippen molar-refractivity contribution in [3.63, 3.8) is 0 Å². The maximum absolute atomic E-state index is 6.63. The molecule has 0 radical (unpaired) electrons. The van der Waals surface area contributed by atoms with Gasteiger partial charge in [-0.05, 0) is 92.4 Å². The van der Waals surface area contributed by atoms with Crippen molar-refractivity contribution >= 4 is 32.7 Å². The van der Waals surface area contributed by atoms with Gasteiger partial charge >= 0.3 is 0 Å². The van der Waals surface area contributed by atoms with E-state index in [0.717, 1.165) is 83.0 Å². The van der Waals surface area contributed by atoms with Gasteiger partial charge in [0.1, 0.15) is 11.2 Å². The van der Waals surface area contributed by atoms with Crippen molar-refractivity contribution in [3.8, 4) is 67.3 Å². The summed E-state index contributed by atoms with van der Waals surface area (Å²) < 4.78 is 6.63. The second-order valence-corrected chi connectivity index (χ2v) is 15.4. The van der Waals surface area contributed by atoms with E-state index in [1.165, 1.54) is 22.3 Å². The van der Waals surface area contributed by atoms with Crippen LogP contribution in [0.4, 0.5) is 0 Å². The molecule has 1 aliphatic rings. The summed E-state index contributed by atoms with van der Waals surface area (Å²) in [6.07, 6.45) is 0. The molecule has 0 amide bonds. The molecule has 0 atom stereocenters. The predicted molar refractivity (Wildman–Crippen MR) is 232 cm³/mol. The van der Waals surface area contributed by atoms with Crippen LogP contribution in [-0.4, -0.2) is 9.97 Å². The maximum Gasteiger partial charge on any atom is 0.160 e. The summed E-state index contributed by atoms with van der Waals surface area (Å²) in [4.78, 5) is 10.6. The Hall–Kier alpha value is -7.10. The van der Waals surface area contributed by atoms with Gasteiger partial charge in [0.05, 0.1) is 11.4 Å². The molecular weight excluding hydrogens is 681 g/mol. The molecule has 0 saturated carbocycles. The molecule has 10 aromatic rings. The third kappa shape index (κ3) is 5.12. The largest absolute Gasteiger partial charge is 0.455 e.